The highest BCUT2D eigenvalue weighted by Gasteiger charge is 2.29. The minimum Gasteiger partial charge on any atom is -0.329 e. The van der Waals surface area contributed by atoms with E-state index in [1.54, 1.807) is 12.1 Å². The van der Waals surface area contributed by atoms with Crippen LogP contribution in [0.4, 0.5) is 0 Å². The van der Waals surface area contributed by atoms with Crippen molar-refractivity contribution in [3.63, 3.8) is 0 Å². The number of carbonyl (C=O) groups is 1. The molecule has 3 rings (SSSR count). The fraction of sp³-hybridized carbons (Fsp3) is 0.350. The molecule has 0 saturated carbocycles. The van der Waals surface area contributed by atoms with Crippen LogP contribution in [0.5, 0.6) is 0 Å². The maximum absolute atomic E-state index is 13.1. The third-order valence-corrected chi connectivity index (χ3v) is 5.90. The van der Waals surface area contributed by atoms with Crippen molar-refractivity contribution in [2.24, 2.45) is 0 Å². The highest BCUT2D eigenvalue weighted by molar-refractivity contribution is 7.90. The molecule has 6 heteroatoms. The van der Waals surface area contributed by atoms with Gasteiger partial charge in [-0.25, -0.2) is 8.42 Å². The van der Waals surface area contributed by atoms with E-state index in [2.05, 4.69) is 36.5 Å². The number of hydrogen-bond acceptors (Lipinski definition) is 4. The van der Waals surface area contributed by atoms with Crippen molar-refractivity contribution in [2.45, 2.75) is 24.3 Å². The molecular weight excluding hydrogens is 348 g/mol. The van der Waals surface area contributed by atoms with Crippen molar-refractivity contribution < 1.29 is 13.2 Å². The summed E-state index contributed by atoms with van der Waals surface area (Å²) >= 11 is 0. The van der Waals surface area contributed by atoms with Crippen LogP contribution in [0, 0.1) is 0 Å². The Kier molecular flexibility index (Phi) is 5.44. The zero-order valence-corrected chi connectivity index (χ0v) is 15.9. The Morgan fingerprint density at radius 1 is 1.19 bits per heavy atom. The van der Waals surface area contributed by atoms with E-state index in [0.29, 0.717) is 18.7 Å². The lowest BCUT2D eigenvalue weighted by Gasteiger charge is -2.36. The second kappa shape index (κ2) is 7.60. The van der Waals surface area contributed by atoms with Gasteiger partial charge in [0.2, 0.25) is 0 Å². The summed E-state index contributed by atoms with van der Waals surface area (Å²) in [6, 6.07) is 14.6. The molecule has 1 saturated heterocycles. The molecule has 1 aliphatic heterocycles. The van der Waals surface area contributed by atoms with Gasteiger partial charge in [-0.2, -0.15) is 0 Å². The Bertz CT molecular complexity index is 892. The number of rotatable bonds is 4. The number of nitrogens with zero attached hydrogens (tertiary/aromatic N) is 1. The molecule has 0 aliphatic carbocycles. The SMILES string of the molecule is CCc1ccc(C2CNCCN2C(=O)c2cccc(S(C)(=O)=O)c2)cc1. The molecular formula is C20H24N2O3S. The van der Waals surface area contributed by atoms with Crippen LogP contribution >= 0.6 is 0 Å². The van der Waals surface area contributed by atoms with Gasteiger partial charge in [-0.3, -0.25) is 4.79 Å². The molecule has 0 radical (unpaired) electrons. The molecule has 1 unspecified atom stereocenters. The van der Waals surface area contributed by atoms with Gasteiger partial charge in [0.05, 0.1) is 10.9 Å². The first-order chi connectivity index (χ1) is 12.4. The van der Waals surface area contributed by atoms with Gasteiger partial charge < -0.3 is 10.2 Å². The van der Waals surface area contributed by atoms with Gasteiger partial charge in [0.15, 0.2) is 9.84 Å². The molecule has 0 aromatic heterocycles. The molecule has 26 heavy (non-hydrogen) atoms. The number of nitrogens with one attached hydrogen (secondary N) is 1. The molecule has 138 valence electrons. The van der Waals surface area contributed by atoms with Gasteiger partial charge in [-0.15, -0.1) is 0 Å². The summed E-state index contributed by atoms with van der Waals surface area (Å²) in [6.45, 7) is 4.11. The quantitative estimate of drug-likeness (QED) is 0.895. The molecule has 0 spiro atoms. The van der Waals surface area contributed by atoms with Crippen molar-refractivity contribution >= 4 is 15.7 Å². The number of carbonyl (C=O) groups excluding carboxylic acids is 1. The van der Waals surface area contributed by atoms with Crippen molar-refractivity contribution in [3.05, 3.63) is 65.2 Å². The van der Waals surface area contributed by atoms with Crippen LogP contribution in [-0.2, 0) is 16.3 Å². The largest absolute Gasteiger partial charge is 0.329 e. The number of hydrogen-bond donors (Lipinski definition) is 1. The third kappa shape index (κ3) is 3.97. The van der Waals surface area contributed by atoms with Crippen LogP contribution in [0.3, 0.4) is 0 Å². The predicted octanol–water partition coefficient (Wildman–Crippen LogP) is 2.44. The second-order valence-electron chi connectivity index (χ2n) is 6.61. The van der Waals surface area contributed by atoms with Crippen LogP contribution in [0.25, 0.3) is 0 Å². The van der Waals surface area contributed by atoms with Crippen molar-refractivity contribution in [3.8, 4) is 0 Å². The predicted molar refractivity (Wildman–Crippen MR) is 102 cm³/mol. The van der Waals surface area contributed by atoms with Crippen molar-refractivity contribution in [2.75, 3.05) is 25.9 Å². The van der Waals surface area contributed by atoms with E-state index in [1.165, 1.54) is 17.7 Å². The summed E-state index contributed by atoms with van der Waals surface area (Å²) in [5.74, 6) is -0.137. The number of sulfone groups is 1. The monoisotopic (exact) mass is 372 g/mol. The number of piperazine rings is 1. The van der Waals surface area contributed by atoms with E-state index in [4.69, 9.17) is 0 Å². The number of benzene rings is 2. The fourth-order valence-electron chi connectivity index (χ4n) is 3.25. The van der Waals surface area contributed by atoms with Crippen LogP contribution in [0.2, 0.25) is 0 Å². The van der Waals surface area contributed by atoms with E-state index in [9.17, 15) is 13.2 Å². The third-order valence-electron chi connectivity index (χ3n) is 4.79. The maximum Gasteiger partial charge on any atom is 0.254 e. The van der Waals surface area contributed by atoms with Crippen LogP contribution in [0.15, 0.2) is 53.4 Å². The Hall–Kier alpha value is -2.18. The van der Waals surface area contributed by atoms with Gasteiger partial charge in [0.1, 0.15) is 0 Å². The fourth-order valence-corrected chi connectivity index (χ4v) is 3.91. The molecule has 1 fully saturated rings. The molecule has 1 amide bonds. The minimum absolute atomic E-state index is 0.0657. The van der Waals surface area contributed by atoms with E-state index >= 15 is 0 Å². The van der Waals surface area contributed by atoms with Crippen LogP contribution < -0.4 is 5.32 Å². The molecule has 1 N–H and O–H groups in total. The first-order valence-corrected chi connectivity index (χ1v) is 10.7. The molecule has 1 heterocycles. The highest BCUT2D eigenvalue weighted by Crippen LogP contribution is 2.25. The van der Waals surface area contributed by atoms with Gasteiger partial charge in [-0.1, -0.05) is 37.3 Å². The lowest BCUT2D eigenvalue weighted by molar-refractivity contribution is 0.0634. The number of amides is 1. The zero-order valence-electron chi connectivity index (χ0n) is 15.1. The lowest BCUT2D eigenvalue weighted by atomic mass is 10.00. The van der Waals surface area contributed by atoms with E-state index in [1.807, 2.05) is 4.90 Å². The van der Waals surface area contributed by atoms with Gasteiger partial charge in [0, 0.05) is 31.5 Å². The maximum atomic E-state index is 13.1. The first-order valence-electron chi connectivity index (χ1n) is 8.81. The van der Waals surface area contributed by atoms with Gasteiger partial charge >= 0.3 is 0 Å². The average Bonchev–Trinajstić information content (AvgIpc) is 2.67. The summed E-state index contributed by atoms with van der Waals surface area (Å²) in [5.41, 5.74) is 2.75. The topological polar surface area (TPSA) is 66.5 Å². The van der Waals surface area contributed by atoms with Crippen molar-refractivity contribution in [1.29, 1.82) is 0 Å². The Morgan fingerprint density at radius 2 is 1.92 bits per heavy atom. The summed E-state index contributed by atoms with van der Waals surface area (Å²) in [4.78, 5) is 15.1. The second-order valence-corrected chi connectivity index (χ2v) is 8.63. The lowest BCUT2D eigenvalue weighted by Crippen LogP contribution is -2.48. The summed E-state index contributed by atoms with van der Waals surface area (Å²) in [5, 5.41) is 3.34. The normalized spacial score (nSPS) is 17.9. The number of aryl methyl sites for hydroxylation is 1. The van der Waals surface area contributed by atoms with E-state index in [-0.39, 0.29) is 16.8 Å². The zero-order chi connectivity index (χ0) is 18.7. The molecule has 2 aromatic rings. The van der Waals surface area contributed by atoms with Gasteiger partial charge in [-0.05, 0) is 35.7 Å². The molecule has 2 aromatic carbocycles. The van der Waals surface area contributed by atoms with Gasteiger partial charge in [0.25, 0.3) is 5.91 Å². The molecule has 1 atom stereocenters. The first kappa shape index (κ1) is 18.6. The minimum atomic E-state index is -3.35. The van der Waals surface area contributed by atoms with Crippen LogP contribution in [-0.4, -0.2) is 45.1 Å². The standard InChI is InChI=1S/C20H24N2O3S/c1-3-15-7-9-16(10-8-15)19-14-21-11-12-22(19)20(23)17-5-4-6-18(13-17)26(2,24)25/h4-10,13,19,21H,3,11-12,14H2,1-2H3. The smallest absolute Gasteiger partial charge is 0.254 e. The molecule has 0 bridgehead atoms. The molecule has 1 aliphatic rings. The summed E-state index contributed by atoms with van der Waals surface area (Å²) < 4.78 is 23.6. The Balaban J connectivity index is 1.91. The van der Waals surface area contributed by atoms with Crippen molar-refractivity contribution in [1.82, 2.24) is 10.2 Å². The Labute approximate surface area is 154 Å². The molecule has 5 nitrogen and oxygen atoms in total. The van der Waals surface area contributed by atoms with E-state index in [0.717, 1.165) is 24.8 Å². The average molecular weight is 372 g/mol. The van der Waals surface area contributed by atoms with E-state index < -0.39 is 9.84 Å². The van der Waals surface area contributed by atoms with Crippen LogP contribution in [0.1, 0.15) is 34.5 Å². The Morgan fingerprint density at radius 3 is 2.58 bits per heavy atom. The summed E-state index contributed by atoms with van der Waals surface area (Å²) in [7, 11) is -3.35. The highest BCUT2D eigenvalue weighted by atomic mass is 32.2. The summed E-state index contributed by atoms with van der Waals surface area (Å²) in [6.07, 6.45) is 2.13.